The third-order valence-electron chi connectivity index (χ3n) is 4.43. The van der Waals surface area contributed by atoms with Crippen molar-refractivity contribution in [1.29, 1.82) is 0 Å². The van der Waals surface area contributed by atoms with Gasteiger partial charge < -0.3 is 21.1 Å². The Balaban J connectivity index is 2.28. The summed E-state index contributed by atoms with van der Waals surface area (Å²) in [5.41, 5.74) is 10.0. The Kier molecular flexibility index (Phi) is 6.58. The molecule has 6 heteroatoms. The highest BCUT2D eigenvalue weighted by Gasteiger charge is 2.24. The predicted octanol–water partition coefficient (Wildman–Crippen LogP) is 2.18. The van der Waals surface area contributed by atoms with E-state index in [0.717, 1.165) is 29.7 Å². The van der Waals surface area contributed by atoms with E-state index in [2.05, 4.69) is 12.2 Å². The van der Waals surface area contributed by atoms with Gasteiger partial charge in [-0.1, -0.05) is 13.3 Å². The fraction of sp³-hybridized carbons (Fsp3) is 0.400. The number of hydrogen-bond donors (Lipinski definition) is 3. The Morgan fingerprint density at radius 2 is 1.88 bits per heavy atom. The quantitative estimate of drug-likeness (QED) is 0.487. The molecule has 1 aromatic rings. The monoisotopic (exact) mass is 357 g/mol. The molecule has 0 aromatic heterocycles. The van der Waals surface area contributed by atoms with E-state index in [4.69, 9.17) is 10.8 Å². The van der Waals surface area contributed by atoms with E-state index in [-0.39, 0.29) is 23.9 Å². The highest BCUT2D eigenvalue weighted by molar-refractivity contribution is 6.20. The minimum atomic E-state index is -0.257. The topological polar surface area (TPSA) is 95.7 Å². The fourth-order valence-electron chi connectivity index (χ4n) is 2.97. The molecule has 1 aliphatic carbocycles. The number of nitrogen functional groups attached to an aromatic ring is 1. The molecule has 26 heavy (non-hydrogen) atoms. The van der Waals surface area contributed by atoms with Crippen molar-refractivity contribution in [2.24, 2.45) is 0 Å². The van der Waals surface area contributed by atoms with Gasteiger partial charge in [0.15, 0.2) is 0 Å². The lowest BCUT2D eigenvalue weighted by Gasteiger charge is -2.26. The van der Waals surface area contributed by atoms with Gasteiger partial charge in [-0.15, -0.1) is 0 Å². The summed E-state index contributed by atoms with van der Waals surface area (Å²) in [4.78, 5) is 26.7. The maximum atomic E-state index is 12.5. The number of ketones is 2. The van der Waals surface area contributed by atoms with Crippen molar-refractivity contribution in [2.45, 2.75) is 33.6 Å². The van der Waals surface area contributed by atoms with E-state index in [0.29, 0.717) is 24.5 Å². The van der Waals surface area contributed by atoms with Crippen molar-refractivity contribution in [3.8, 4) is 0 Å². The largest absolute Gasteiger partial charge is 0.399 e. The van der Waals surface area contributed by atoms with Crippen LogP contribution in [0.15, 0.2) is 35.7 Å². The molecule has 0 bridgehead atoms. The Labute approximate surface area is 154 Å². The molecular formula is C20H27N3O3. The van der Waals surface area contributed by atoms with Crippen LogP contribution in [0.4, 0.5) is 11.4 Å². The molecule has 0 unspecified atom stereocenters. The van der Waals surface area contributed by atoms with E-state index in [1.54, 1.807) is 4.90 Å². The van der Waals surface area contributed by atoms with Crippen LogP contribution in [0, 0.1) is 6.92 Å². The van der Waals surface area contributed by atoms with E-state index in [9.17, 15) is 9.59 Å². The lowest BCUT2D eigenvalue weighted by molar-refractivity contribution is -0.116. The summed E-state index contributed by atoms with van der Waals surface area (Å²) >= 11 is 0. The Morgan fingerprint density at radius 1 is 1.15 bits per heavy atom. The summed E-state index contributed by atoms with van der Waals surface area (Å²) in [6.07, 6.45) is 4.44. The molecule has 0 heterocycles. The molecule has 0 amide bonds. The highest BCUT2D eigenvalue weighted by Crippen LogP contribution is 2.27. The Bertz CT molecular complexity index is 766. The lowest BCUT2D eigenvalue weighted by atomic mass is 10.0. The molecule has 4 N–H and O–H groups in total. The van der Waals surface area contributed by atoms with Crippen molar-refractivity contribution in [1.82, 2.24) is 4.90 Å². The zero-order chi connectivity index (χ0) is 19.3. The summed E-state index contributed by atoms with van der Waals surface area (Å²) in [5.74, 6) is -0.500. The number of hydrogen-bond acceptors (Lipinski definition) is 6. The number of rotatable bonds is 8. The van der Waals surface area contributed by atoms with E-state index >= 15 is 0 Å². The summed E-state index contributed by atoms with van der Waals surface area (Å²) in [6.45, 7) is 6.64. The first-order chi connectivity index (χ1) is 12.4. The average molecular weight is 357 g/mol. The number of carbonyl (C=O) groups is 2. The van der Waals surface area contributed by atoms with Crippen LogP contribution in [-0.2, 0) is 16.0 Å². The number of likely N-dealkylation sites (N-methyl/N-ethyl adjacent to an activating group) is 1. The van der Waals surface area contributed by atoms with Gasteiger partial charge in [0, 0.05) is 36.6 Å². The Morgan fingerprint density at radius 3 is 2.50 bits per heavy atom. The molecule has 0 atom stereocenters. The van der Waals surface area contributed by atoms with Gasteiger partial charge in [-0.05, 0) is 43.5 Å². The van der Waals surface area contributed by atoms with Gasteiger partial charge in [0.05, 0.1) is 18.0 Å². The van der Waals surface area contributed by atoms with Crippen LogP contribution in [0.25, 0.3) is 0 Å². The van der Waals surface area contributed by atoms with E-state index < -0.39 is 0 Å². The van der Waals surface area contributed by atoms with Crippen LogP contribution >= 0.6 is 0 Å². The number of nitrogens with zero attached hydrogens (tertiary/aromatic N) is 1. The Hall–Kier alpha value is -2.60. The van der Waals surface area contributed by atoms with Crippen LogP contribution < -0.4 is 11.1 Å². The molecule has 140 valence electrons. The average Bonchev–Trinajstić information content (AvgIpc) is 2.60. The van der Waals surface area contributed by atoms with E-state index in [1.165, 1.54) is 12.2 Å². The lowest BCUT2D eigenvalue weighted by Crippen LogP contribution is -2.33. The number of anilines is 2. The second-order valence-corrected chi connectivity index (χ2v) is 6.36. The number of benzene rings is 1. The van der Waals surface area contributed by atoms with Gasteiger partial charge in [0.1, 0.15) is 0 Å². The number of nitrogens with two attached hydrogens (primary N) is 1. The molecule has 0 saturated carbocycles. The third kappa shape index (κ3) is 4.32. The molecule has 1 aliphatic rings. The van der Waals surface area contributed by atoms with Crippen LogP contribution in [0.5, 0.6) is 0 Å². The number of aryl methyl sites for hydroxylation is 2. The van der Waals surface area contributed by atoms with Gasteiger partial charge in [-0.25, -0.2) is 0 Å². The maximum absolute atomic E-state index is 12.5. The van der Waals surface area contributed by atoms with Crippen molar-refractivity contribution >= 4 is 22.9 Å². The van der Waals surface area contributed by atoms with Crippen molar-refractivity contribution in [3.63, 3.8) is 0 Å². The van der Waals surface area contributed by atoms with Gasteiger partial charge in [-0.3, -0.25) is 9.59 Å². The summed E-state index contributed by atoms with van der Waals surface area (Å²) < 4.78 is 0. The molecule has 0 spiro atoms. The molecular weight excluding hydrogens is 330 g/mol. The standard InChI is InChI=1S/C20H27N3O3/c1-4-6-14-10-15(21)13(3)9-16(14)22-17-11-20(26)18(12-19(17)25)23(5-2)7-8-24/h9-12,22,24H,4-8,21H2,1-3H3. The third-order valence-corrected chi connectivity index (χ3v) is 4.43. The zero-order valence-electron chi connectivity index (χ0n) is 15.6. The molecule has 0 saturated heterocycles. The zero-order valence-corrected chi connectivity index (χ0v) is 15.6. The number of aliphatic hydroxyl groups excluding tert-OH is 1. The number of aliphatic hydroxyl groups is 1. The molecule has 1 aromatic carbocycles. The summed E-state index contributed by atoms with van der Waals surface area (Å²) in [7, 11) is 0. The SMILES string of the molecule is CCCc1cc(N)c(C)cc1NC1=CC(=O)C(N(CC)CCO)=CC1=O. The van der Waals surface area contributed by atoms with Gasteiger partial charge in [-0.2, -0.15) is 0 Å². The van der Waals surface area contributed by atoms with Gasteiger partial charge >= 0.3 is 0 Å². The minimum Gasteiger partial charge on any atom is -0.399 e. The number of carbonyl (C=O) groups excluding carboxylic acids is 2. The van der Waals surface area contributed by atoms with Gasteiger partial charge in [0.2, 0.25) is 11.6 Å². The summed E-state index contributed by atoms with van der Waals surface area (Å²) in [6, 6.07) is 3.82. The molecule has 2 rings (SSSR count). The molecule has 0 radical (unpaired) electrons. The minimum absolute atomic E-state index is 0.0768. The predicted molar refractivity (Wildman–Crippen MR) is 104 cm³/mol. The highest BCUT2D eigenvalue weighted by atomic mass is 16.3. The van der Waals surface area contributed by atoms with Crippen LogP contribution in [0.2, 0.25) is 0 Å². The van der Waals surface area contributed by atoms with E-state index in [1.807, 2.05) is 26.0 Å². The first-order valence-corrected chi connectivity index (χ1v) is 8.95. The van der Waals surface area contributed by atoms with Crippen molar-refractivity contribution < 1.29 is 14.7 Å². The second-order valence-electron chi connectivity index (χ2n) is 6.36. The fourth-order valence-corrected chi connectivity index (χ4v) is 2.97. The van der Waals surface area contributed by atoms with Crippen LogP contribution in [0.3, 0.4) is 0 Å². The molecule has 6 nitrogen and oxygen atoms in total. The molecule has 0 aliphatic heterocycles. The smallest absolute Gasteiger partial charge is 0.204 e. The second kappa shape index (κ2) is 8.67. The van der Waals surface area contributed by atoms with Crippen LogP contribution in [0.1, 0.15) is 31.4 Å². The number of nitrogens with one attached hydrogen (secondary N) is 1. The first kappa shape index (κ1) is 19.7. The van der Waals surface area contributed by atoms with Crippen molar-refractivity contribution in [3.05, 3.63) is 46.8 Å². The number of allylic oxidation sites excluding steroid dienone is 2. The van der Waals surface area contributed by atoms with Crippen LogP contribution in [-0.4, -0.2) is 41.3 Å². The normalized spacial score (nSPS) is 14.2. The maximum Gasteiger partial charge on any atom is 0.204 e. The van der Waals surface area contributed by atoms with Gasteiger partial charge in [0.25, 0.3) is 0 Å². The summed E-state index contributed by atoms with van der Waals surface area (Å²) in [5, 5.41) is 12.2. The molecule has 0 fully saturated rings. The van der Waals surface area contributed by atoms with Crippen molar-refractivity contribution in [2.75, 3.05) is 30.7 Å². The first-order valence-electron chi connectivity index (χ1n) is 8.95.